The highest BCUT2D eigenvalue weighted by molar-refractivity contribution is 9.10. The zero-order chi connectivity index (χ0) is 19.6. The van der Waals surface area contributed by atoms with Crippen LogP contribution in [0.2, 0.25) is 5.02 Å². The molecule has 1 unspecified atom stereocenters. The van der Waals surface area contributed by atoms with Crippen LogP contribution >= 0.6 is 27.5 Å². The number of nitrogens with zero attached hydrogens (tertiary/aromatic N) is 1. The topological polar surface area (TPSA) is 44.0 Å². The summed E-state index contributed by atoms with van der Waals surface area (Å²) in [7, 11) is 0. The summed E-state index contributed by atoms with van der Waals surface area (Å²) in [5.74, 6) is -0.0938. The largest absolute Gasteiger partial charge is 0.619 e. The average Bonchev–Trinajstić information content (AvgIpc) is 2.63. The van der Waals surface area contributed by atoms with Crippen LogP contribution in [0.1, 0.15) is 45.1 Å². The predicted molar refractivity (Wildman–Crippen MR) is 111 cm³/mol. The van der Waals surface area contributed by atoms with Crippen molar-refractivity contribution in [3.63, 3.8) is 0 Å². The van der Waals surface area contributed by atoms with Crippen LogP contribution in [-0.2, 0) is 0 Å². The van der Waals surface area contributed by atoms with Crippen LogP contribution < -0.4 is 4.73 Å². The number of benzene rings is 2. The molecule has 0 amide bonds. The van der Waals surface area contributed by atoms with E-state index in [1.807, 2.05) is 49.4 Å². The van der Waals surface area contributed by atoms with Gasteiger partial charge in [0.05, 0.1) is 0 Å². The monoisotopic (exact) mass is 443 g/mol. The first-order valence-corrected chi connectivity index (χ1v) is 9.77. The van der Waals surface area contributed by atoms with E-state index in [0.29, 0.717) is 22.7 Å². The van der Waals surface area contributed by atoms with Crippen molar-refractivity contribution in [1.29, 1.82) is 0 Å². The van der Waals surface area contributed by atoms with Crippen LogP contribution in [0, 0.1) is 19.1 Å². The van der Waals surface area contributed by atoms with E-state index in [4.69, 9.17) is 11.6 Å². The molecule has 0 aliphatic carbocycles. The Bertz CT molecular complexity index is 986. The maximum absolute atomic E-state index is 13.0. The Balaban J connectivity index is 2.00. The van der Waals surface area contributed by atoms with Gasteiger partial charge in [-0.15, -0.1) is 0 Å². The number of hydrogen-bond donors (Lipinski definition) is 0. The molecule has 3 rings (SSSR count). The lowest BCUT2D eigenvalue weighted by Gasteiger charge is -2.20. The number of hydrogen-bond acceptors (Lipinski definition) is 2. The lowest BCUT2D eigenvalue weighted by atomic mass is 9.84. The number of Topliss-reactive ketones (excluding diaryl/α,β-unsaturated/α-hetero) is 1. The quantitative estimate of drug-likeness (QED) is 0.285. The molecule has 0 aliphatic rings. The normalized spacial score (nSPS) is 12.0. The minimum Gasteiger partial charge on any atom is -0.619 e. The van der Waals surface area contributed by atoms with Crippen molar-refractivity contribution in [1.82, 2.24) is 0 Å². The number of rotatable bonds is 5. The fourth-order valence-electron chi connectivity index (χ4n) is 3.21. The minimum atomic E-state index is -0.0947. The Labute approximate surface area is 172 Å². The third kappa shape index (κ3) is 4.57. The van der Waals surface area contributed by atoms with Gasteiger partial charge in [-0.3, -0.25) is 4.79 Å². The van der Waals surface area contributed by atoms with Gasteiger partial charge in [-0.1, -0.05) is 45.7 Å². The smallest absolute Gasteiger partial charge is 0.190 e. The summed E-state index contributed by atoms with van der Waals surface area (Å²) in [4.78, 5) is 13.0. The molecule has 1 aromatic heterocycles. The lowest BCUT2D eigenvalue weighted by Crippen LogP contribution is -2.29. The van der Waals surface area contributed by atoms with Crippen LogP contribution in [0.4, 0.5) is 0 Å². The van der Waals surface area contributed by atoms with Gasteiger partial charge in [-0.05, 0) is 47.9 Å². The summed E-state index contributed by atoms with van der Waals surface area (Å²) >= 11 is 9.58. The highest BCUT2D eigenvalue weighted by atomic mass is 79.9. The summed E-state index contributed by atoms with van der Waals surface area (Å²) in [6.45, 7) is 3.70. The van der Waals surface area contributed by atoms with Gasteiger partial charge in [0.1, 0.15) is 0 Å². The van der Waals surface area contributed by atoms with Gasteiger partial charge in [-0.25, -0.2) is 0 Å². The van der Waals surface area contributed by atoms with Gasteiger partial charge in [-0.2, -0.15) is 4.73 Å². The van der Waals surface area contributed by atoms with Gasteiger partial charge >= 0.3 is 0 Å². The van der Waals surface area contributed by atoms with Crippen molar-refractivity contribution in [3.8, 4) is 0 Å². The van der Waals surface area contributed by atoms with Gasteiger partial charge < -0.3 is 5.21 Å². The van der Waals surface area contributed by atoms with Crippen LogP contribution in [0.25, 0.3) is 0 Å². The van der Waals surface area contributed by atoms with E-state index in [-0.39, 0.29) is 11.7 Å². The first-order chi connectivity index (χ1) is 12.8. The van der Waals surface area contributed by atoms with Crippen molar-refractivity contribution in [2.75, 3.05) is 0 Å². The Morgan fingerprint density at radius 2 is 1.81 bits per heavy atom. The van der Waals surface area contributed by atoms with E-state index >= 15 is 0 Å². The van der Waals surface area contributed by atoms with E-state index in [1.54, 1.807) is 19.1 Å². The summed E-state index contributed by atoms with van der Waals surface area (Å²) in [6.07, 6.45) is 1.69. The van der Waals surface area contributed by atoms with Crippen LogP contribution in [0.15, 0.2) is 65.3 Å². The molecular formula is C22H19BrClNO2. The zero-order valence-corrected chi connectivity index (χ0v) is 17.4. The highest BCUT2D eigenvalue weighted by Crippen LogP contribution is 2.33. The third-order valence-corrected chi connectivity index (χ3v) is 5.46. The predicted octanol–water partition coefficient (Wildman–Crippen LogP) is 5.76. The molecule has 0 bridgehead atoms. The van der Waals surface area contributed by atoms with Crippen LogP contribution in [0.3, 0.4) is 0 Å². The molecule has 0 spiro atoms. The lowest BCUT2D eigenvalue weighted by molar-refractivity contribution is -0.612. The van der Waals surface area contributed by atoms with Gasteiger partial charge in [0.25, 0.3) is 0 Å². The first-order valence-electron chi connectivity index (χ1n) is 8.59. The van der Waals surface area contributed by atoms with Crippen molar-refractivity contribution >= 4 is 33.3 Å². The minimum absolute atomic E-state index is 0.000897. The molecule has 3 nitrogen and oxygen atoms in total. The molecule has 0 radical (unpaired) electrons. The number of aryl methyl sites for hydroxylation is 2. The van der Waals surface area contributed by atoms with Crippen LogP contribution in [0.5, 0.6) is 0 Å². The summed E-state index contributed by atoms with van der Waals surface area (Å²) in [6, 6.07) is 17.0. The molecule has 3 aromatic rings. The Hall–Kier alpha value is -2.17. The van der Waals surface area contributed by atoms with E-state index < -0.39 is 0 Å². The molecule has 1 atom stereocenters. The standard InChI is InChI=1S/C22H19BrClNO2/c1-14-11-19(24)7-8-20(14)21(16-3-5-18(23)6-4-16)13-22(26)17-9-10-25(27)15(2)12-17/h3-12,21H,13H2,1-2H3. The molecule has 2 aromatic carbocycles. The van der Waals surface area contributed by atoms with Gasteiger partial charge in [0, 0.05) is 46.5 Å². The molecule has 0 aliphatic heterocycles. The molecule has 0 N–H and O–H groups in total. The van der Waals surface area contributed by atoms with Gasteiger partial charge in [0.2, 0.25) is 0 Å². The molecule has 1 heterocycles. The maximum Gasteiger partial charge on any atom is 0.190 e. The molecule has 27 heavy (non-hydrogen) atoms. The van der Waals surface area contributed by atoms with Crippen LogP contribution in [-0.4, -0.2) is 5.78 Å². The molecule has 0 saturated carbocycles. The van der Waals surface area contributed by atoms with E-state index in [2.05, 4.69) is 15.9 Å². The van der Waals surface area contributed by atoms with Crippen molar-refractivity contribution in [2.24, 2.45) is 0 Å². The van der Waals surface area contributed by atoms with E-state index in [1.165, 1.54) is 6.20 Å². The van der Waals surface area contributed by atoms with Crippen molar-refractivity contribution in [3.05, 3.63) is 103 Å². The van der Waals surface area contributed by atoms with Crippen molar-refractivity contribution < 1.29 is 9.52 Å². The Morgan fingerprint density at radius 1 is 1.11 bits per heavy atom. The Kier molecular flexibility index (Phi) is 5.98. The fraction of sp³-hybridized carbons (Fsp3) is 0.182. The second kappa shape index (κ2) is 8.24. The van der Waals surface area contributed by atoms with E-state index in [9.17, 15) is 10.0 Å². The highest BCUT2D eigenvalue weighted by Gasteiger charge is 2.22. The number of aromatic nitrogens is 1. The number of pyridine rings is 1. The number of halogens is 2. The molecule has 0 fully saturated rings. The maximum atomic E-state index is 13.0. The molecule has 0 saturated heterocycles. The molecular weight excluding hydrogens is 426 g/mol. The Morgan fingerprint density at radius 3 is 2.44 bits per heavy atom. The number of carbonyl (C=O) groups excluding carboxylic acids is 1. The number of carbonyl (C=O) groups is 1. The van der Waals surface area contributed by atoms with Crippen molar-refractivity contribution in [2.45, 2.75) is 26.2 Å². The summed E-state index contributed by atoms with van der Waals surface area (Å²) < 4.78 is 1.75. The summed E-state index contributed by atoms with van der Waals surface area (Å²) in [5.41, 5.74) is 4.23. The van der Waals surface area contributed by atoms with Gasteiger partial charge in [0.15, 0.2) is 17.7 Å². The average molecular weight is 445 g/mol. The fourth-order valence-corrected chi connectivity index (χ4v) is 3.70. The third-order valence-electron chi connectivity index (χ3n) is 4.69. The second-order valence-electron chi connectivity index (χ2n) is 6.61. The van der Waals surface area contributed by atoms with E-state index in [0.717, 1.165) is 25.9 Å². The molecule has 5 heteroatoms. The first kappa shape index (κ1) is 19.6. The SMILES string of the molecule is Cc1cc(Cl)ccc1C(CC(=O)c1cc[n+]([O-])c(C)c1)c1ccc(Br)cc1. The number of ketones is 1. The molecule has 138 valence electrons. The zero-order valence-electron chi connectivity index (χ0n) is 15.1. The second-order valence-corrected chi connectivity index (χ2v) is 7.97. The summed E-state index contributed by atoms with van der Waals surface area (Å²) in [5, 5.41) is 12.2.